The van der Waals surface area contributed by atoms with Gasteiger partial charge in [0.1, 0.15) is 5.41 Å². The molecule has 1 fully saturated rings. The summed E-state index contributed by atoms with van der Waals surface area (Å²) in [7, 11) is 1.76. The van der Waals surface area contributed by atoms with Crippen LogP contribution in [0.2, 0.25) is 0 Å². The number of carbonyl (C=O) groups excluding carboxylic acids is 1. The molecule has 6 nitrogen and oxygen atoms in total. The molecule has 0 aromatic heterocycles. The summed E-state index contributed by atoms with van der Waals surface area (Å²) in [6.45, 7) is 5.72. The van der Waals surface area contributed by atoms with Crippen molar-refractivity contribution in [2.45, 2.75) is 33.1 Å². The van der Waals surface area contributed by atoms with E-state index in [1.165, 1.54) is 0 Å². The highest BCUT2D eigenvalue weighted by Crippen LogP contribution is 2.25. The molecule has 0 spiro atoms. The number of hydrogen-bond donors (Lipinski definition) is 2. The van der Waals surface area contributed by atoms with Crippen LogP contribution in [0.25, 0.3) is 0 Å². The van der Waals surface area contributed by atoms with E-state index in [-0.39, 0.29) is 11.7 Å². The maximum absolute atomic E-state index is 12.5. The van der Waals surface area contributed by atoms with Gasteiger partial charge in [-0.05, 0) is 32.1 Å². The molecule has 0 aliphatic carbocycles. The van der Waals surface area contributed by atoms with Crippen LogP contribution in [0.5, 0.6) is 0 Å². The molecule has 1 saturated heterocycles. The fraction of sp³-hybridized carbons (Fsp3) is 0.846. The average Bonchev–Trinajstić information content (AvgIpc) is 2.45. The maximum atomic E-state index is 12.5. The van der Waals surface area contributed by atoms with Gasteiger partial charge in [0, 0.05) is 20.2 Å². The van der Waals surface area contributed by atoms with Crippen LogP contribution < -0.4 is 5.73 Å². The largest absolute Gasteiger partial charge is 0.409 e. The molecule has 1 heterocycles. The first-order valence-corrected chi connectivity index (χ1v) is 6.77. The van der Waals surface area contributed by atoms with Crippen molar-refractivity contribution in [1.29, 1.82) is 0 Å². The van der Waals surface area contributed by atoms with Gasteiger partial charge >= 0.3 is 0 Å². The minimum absolute atomic E-state index is 0.0354. The second-order valence-electron chi connectivity index (χ2n) is 5.44. The van der Waals surface area contributed by atoms with Crippen LogP contribution in [-0.4, -0.2) is 48.7 Å². The second kappa shape index (κ2) is 6.75. The molecule has 0 aromatic carbocycles. The normalized spacial score (nSPS) is 23.7. The Morgan fingerprint density at radius 1 is 1.63 bits per heavy atom. The zero-order valence-corrected chi connectivity index (χ0v) is 12.1. The van der Waals surface area contributed by atoms with E-state index in [9.17, 15) is 4.79 Å². The molecule has 19 heavy (non-hydrogen) atoms. The Kier molecular flexibility index (Phi) is 5.60. The summed E-state index contributed by atoms with van der Waals surface area (Å²) in [5, 5.41) is 11.8. The van der Waals surface area contributed by atoms with Gasteiger partial charge in [-0.1, -0.05) is 12.1 Å². The zero-order chi connectivity index (χ0) is 14.5. The van der Waals surface area contributed by atoms with E-state index in [1.54, 1.807) is 18.9 Å². The zero-order valence-electron chi connectivity index (χ0n) is 12.1. The highest BCUT2D eigenvalue weighted by atomic mass is 16.5. The molecule has 0 radical (unpaired) electrons. The van der Waals surface area contributed by atoms with E-state index in [4.69, 9.17) is 15.7 Å². The molecule has 2 atom stereocenters. The number of oxime groups is 1. The van der Waals surface area contributed by atoms with Crippen molar-refractivity contribution in [1.82, 2.24) is 4.90 Å². The first kappa shape index (κ1) is 15.8. The number of rotatable bonds is 5. The molecule has 1 rings (SSSR count). The molecule has 6 heteroatoms. The van der Waals surface area contributed by atoms with E-state index >= 15 is 0 Å². The lowest BCUT2D eigenvalue weighted by Crippen LogP contribution is -2.49. The van der Waals surface area contributed by atoms with Gasteiger partial charge in [-0.3, -0.25) is 4.79 Å². The van der Waals surface area contributed by atoms with Crippen LogP contribution in [-0.2, 0) is 9.53 Å². The fourth-order valence-corrected chi connectivity index (χ4v) is 2.40. The van der Waals surface area contributed by atoms with Gasteiger partial charge in [-0.2, -0.15) is 0 Å². The van der Waals surface area contributed by atoms with Crippen LogP contribution in [0.3, 0.4) is 0 Å². The van der Waals surface area contributed by atoms with E-state index in [2.05, 4.69) is 5.16 Å². The Bertz CT molecular complexity index is 340. The Balaban J connectivity index is 2.68. The van der Waals surface area contributed by atoms with Crippen LogP contribution >= 0.6 is 0 Å². The summed E-state index contributed by atoms with van der Waals surface area (Å²) in [5.41, 5.74) is 4.72. The third-order valence-corrected chi connectivity index (χ3v) is 3.99. The standard InChI is InChI=1S/C13H25N3O3/c1-4-13(2,11(14)15-18)12(17)16(3)8-10-6-5-7-19-9-10/h10,18H,4-9H2,1-3H3,(H2,14,15). The first-order chi connectivity index (χ1) is 8.95. The summed E-state index contributed by atoms with van der Waals surface area (Å²) in [6.07, 6.45) is 2.61. The molecular weight excluding hydrogens is 246 g/mol. The summed E-state index contributed by atoms with van der Waals surface area (Å²) in [4.78, 5) is 14.2. The predicted octanol–water partition coefficient (Wildman–Crippen LogP) is 1.03. The second-order valence-corrected chi connectivity index (χ2v) is 5.44. The Labute approximate surface area is 114 Å². The van der Waals surface area contributed by atoms with Gasteiger partial charge in [-0.25, -0.2) is 0 Å². The summed E-state index contributed by atoms with van der Waals surface area (Å²) >= 11 is 0. The minimum atomic E-state index is -0.945. The highest BCUT2D eigenvalue weighted by Gasteiger charge is 2.39. The van der Waals surface area contributed by atoms with Crippen molar-refractivity contribution >= 4 is 11.7 Å². The molecule has 2 unspecified atom stereocenters. The maximum Gasteiger partial charge on any atom is 0.235 e. The highest BCUT2D eigenvalue weighted by molar-refractivity contribution is 6.06. The van der Waals surface area contributed by atoms with Crippen LogP contribution in [0.15, 0.2) is 5.16 Å². The van der Waals surface area contributed by atoms with Crippen molar-refractivity contribution in [2.24, 2.45) is 22.2 Å². The molecule has 110 valence electrons. The lowest BCUT2D eigenvalue weighted by Gasteiger charge is -2.33. The van der Waals surface area contributed by atoms with E-state index in [0.717, 1.165) is 19.4 Å². The number of amidine groups is 1. The number of ether oxygens (including phenoxy) is 1. The van der Waals surface area contributed by atoms with Crippen molar-refractivity contribution in [3.63, 3.8) is 0 Å². The van der Waals surface area contributed by atoms with E-state index in [1.807, 2.05) is 6.92 Å². The molecular formula is C13H25N3O3. The predicted molar refractivity (Wildman–Crippen MR) is 73.0 cm³/mol. The van der Waals surface area contributed by atoms with Crippen LogP contribution in [0.1, 0.15) is 33.1 Å². The Morgan fingerprint density at radius 3 is 2.79 bits per heavy atom. The third kappa shape index (κ3) is 3.59. The topological polar surface area (TPSA) is 88.2 Å². The van der Waals surface area contributed by atoms with Crippen LogP contribution in [0.4, 0.5) is 0 Å². The molecule has 0 saturated carbocycles. The van der Waals surface area contributed by atoms with Crippen LogP contribution in [0, 0.1) is 11.3 Å². The van der Waals surface area contributed by atoms with Gasteiger partial charge in [0.05, 0.1) is 6.61 Å². The van der Waals surface area contributed by atoms with Gasteiger partial charge < -0.3 is 20.6 Å². The number of hydrogen-bond acceptors (Lipinski definition) is 4. The SMILES string of the molecule is CCC(C)(C(=O)N(C)CC1CCCOC1)C(N)=NO. The summed E-state index contributed by atoms with van der Waals surface area (Å²) in [5.74, 6) is 0.221. The average molecular weight is 271 g/mol. The Hall–Kier alpha value is -1.30. The lowest BCUT2D eigenvalue weighted by molar-refractivity contribution is -0.137. The molecule has 3 N–H and O–H groups in total. The van der Waals surface area contributed by atoms with Gasteiger partial charge in [0.15, 0.2) is 5.84 Å². The number of amides is 1. The first-order valence-electron chi connectivity index (χ1n) is 6.77. The van der Waals surface area contributed by atoms with Gasteiger partial charge in [-0.15, -0.1) is 0 Å². The van der Waals surface area contributed by atoms with Crippen molar-refractivity contribution in [3.05, 3.63) is 0 Å². The van der Waals surface area contributed by atoms with E-state index in [0.29, 0.717) is 25.5 Å². The monoisotopic (exact) mass is 271 g/mol. The van der Waals surface area contributed by atoms with Gasteiger partial charge in [0.2, 0.25) is 5.91 Å². The minimum Gasteiger partial charge on any atom is -0.409 e. The molecule has 1 aliphatic rings. The number of nitrogens with two attached hydrogens (primary N) is 1. The third-order valence-electron chi connectivity index (χ3n) is 3.99. The molecule has 1 amide bonds. The lowest BCUT2D eigenvalue weighted by atomic mass is 9.84. The molecule has 0 aromatic rings. The smallest absolute Gasteiger partial charge is 0.235 e. The van der Waals surface area contributed by atoms with Crippen molar-refractivity contribution in [3.8, 4) is 0 Å². The fourth-order valence-electron chi connectivity index (χ4n) is 2.40. The van der Waals surface area contributed by atoms with Gasteiger partial charge in [0.25, 0.3) is 0 Å². The summed E-state index contributed by atoms with van der Waals surface area (Å²) < 4.78 is 5.42. The Morgan fingerprint density at radius 2 is 2.32 bits per heavy atom. The van der Waals surface area contributed by atoms with E-state index < -0.39 is 5.41 Å². The quantitative estimate of drug-likeness (QED) is 0.338. The molecule has 0 bridgehead atoms. The number of nitrogens with zero attached hydrogens (tertiary/aromatic N) is 2. The van der Waals surface area contributed by atoms with Crippen molar-refractivity contribution < 1.29 is 14.7 Å². The summed E-state index contributed by atoms with van der Waals surface area (Å²) in [6, 6.07) is 0. The molecule has 1 aliphatic heterocycles. The van der Waals surface area contributed by atoms with Crippen molar-refractivity contribution in [2.75, 3.05) is 26.8 Å². The number of carbonyl (C=O) groups is 1.